The van der Waals surface area contributed by atoms with Crippen LogP contribution in [0.25, 0.3) is 0 Å². The molecule has 0 aromatic carbocycles. The third kappa shape index (κ3) is 3.99. The van der Waals surface area contributed by atoms with Gasteiger partial charge >= 0.3 is 5.97 Å². The van der Waals surface area contributed by atoms with E-state index in [4.69, 9.17) is 15.1 Å². The molecule has 1 rings (SSSR count). The fourth-order valence-corrected chi connectivity index (χ4v) is 2.70. The Morgan fingerprint density at radius 2 is 2.25 bits per heavy atom. The second-order valence-electron chi connectivity index (χ2n) is 3.72. The number of nitriles is 1. The summed E-state index contributed by atoms with van der Waals surface area (Å²) in [4.78, 5) is 14.2. The first-order valence-electron chi connectivity index (χ1n) is 5.49. The number of hydrogen-bond donors (Lipinski definition) is 1. The molecule has 1 N–H and O–H groups in total. The Morgan fingerprint density at radius 1 is 1.55 bits per heavy atom. The number of nitrogens with zero attached hydrogens (tertiary/aromatic N) is 3. The number of rotatable bonds is 7. The Balaban J connectivity index is 3.07. The minimum Gasteiger partial charge on any atom is -0.480 e. The van der Waals surface area contributed by atoms with Gasteiger partial charge in [-0.3, -0.25) is 4.79 Å². The highest BCUT2D eigenvalue weighted by Crippen LogP contribution is 2.14. The van der Waals surface area contributed by atoms with Crippen LogP contribution in [0.4, 0.5) is 0 Å². The van der Waals surface area contributed by atoms with E-state index >= 15 is 0 Å². The standard InChI is InChI=1S/C11H13N3O5S/c1-19-5-4-14(8-11(15)16)20(17,18)10-3-2-9(6-12)13-7-10/h2-3,7H,4-5,8H2,1H3,(H,15,16). The predicted molar refractivity (Wildman–Crippen MR) is 67.2 cm³/mol. The fraction of sp³-hybridized carbons (Fsp3) is 0.364. The van der Waals surface area contributed by atoms with Gasteiger partial charge in [-0.2, -0.15) is 9.57 Å². The zero-order valence-corrected chi connectivity index (χ0v) is 11.5. The van der Waals surface area contributed by atoms with E-state index in [1.807, 2.05) is 0 Å². The lowest BCUT2D eigenvalue weighted by molar-refractivity contribution is -0.137. The molecule has 0 atom stereocenters. The van der Waals surface area contributed by atoms with Crippen LogP contribution >= 0.6 is 0 Å². The van der Waals surface area contributed by atoms with Gasteiger partial charge in [0.2, 0.25) is 10.0 Å². The van der Waals surface area contributed by atoms with E-state index in [0.717, 1.165) is 10.5 Å². The first kappa shape index (κ1) is 16.0. The topological polar surface area (TPSA) is 121 Å². The lowest BCUT2D eigenvalue weighted by Gasteiger charge is -2.19. The first-order valence-corrected chi connectivity index (χ1v) is 6.93. The highest BCUT2D eigenvalue weighted by Gasteiger charge is 2.26. The number of hydrogen-bond acceptors (Lipinski definition) is 6. The van der Waals surface area contributed by atoms with E-state index in [1.54, 1.807) is 6.07 Å². The maximum absolute atomic E-state index is 12.3. The lowest BCUT2D eigenvalue weighted by atomic mass is 10.4. The molecule has 0 fully saturated rings. The van der Waals surface area contributed by atoms with E-state index in [-0.39, 0.29) is 23.7 Å². The van der Waals surface area contributed by atoms with Crippen LogP contribution in [0.15, 0.2) is 23.2 Å². The monoisotopic (exact) mass is 299 g/mol. The van der Waals surface area contributed by atoms with Crippen LogP contribution < -0.4 is 0 Å². The lowest BCUT2D eigenvalue weighted by Crippen LogP contribution is -2.38. The summed E-state index contributed by atoms with van der Waals surface area (Å²) >= 11 is 0. The summed E-state index contributed by atoms with van der Waals surface area (Å²) in [7, 11) is -2.61. The Labute approximate surface area is 116 Å². The number of ether oxygens (including phenoxy) is 1. The number of aliphatic carboxylic acids is 1. The van der Waals surface area contributed by atoms with Crippen molar-refractivity contribution in [2.45, 2.75) is 4.90 Å². The van der Waals surface area contributed by atoms with Gasteiger partial charge in [-0.25, -0.2) is 13.4 Å². The molecule has 0 aliphatic heterocycles. The molecule has 0 unspecified atom stereocenters. The number of aromatic nitrogens is 1. The average molecular weight is 299 g/mol. The van der Waals surface area contributed by atoms with Gasteiger partial charge in [0.15, 0.2) is 0 Å². The molecule has 1 aromatic rings. The molecule has 1 aromatic heterocycles. The number of carboxylic acid groups (broad SMARTS) is 1. The molecule has 108 valence electrons. The highest BCUT2D eigenvalue weighted by molar-refractivity contribution is 7.89. The summed E-state index contributed by atoms with van der Waals surface area (Å²) in [5.74, 6) is -1.27. The van der Waals surface area contributed by atoms with Crippen molar-refractivity contribution in [3.8, 4) is 6.07 Å². The molecule has 20 heavy (non-hydrogen) atoms. The summed E-state index contributed by atoms with van der Waals surface area (Å²) in [6, 6.07) is 4.23. The van der Waals surface area contributed by atoms with Crippen LogP contribution in [-0.2, 0) is 19.6 Å². The third-order valence-electron chi connectivity index (χ3n) is 2.35. The van der Waals surface area contributed by atoms with Crippen molar-refractivity contribution in [1.82, 2.24) is 9.29 Å². The smallest absolute Gasteiger partial charge is 0.318 e. The Hall–Kier alpha value is -2.02. The Kier molecular flexibility index (Phi) is 5.57. The van der Waals surface area contributed by atoms with Crippen molar-refractivity contribution >= 4 is 16.0 Å². The van der Waals surface area contributed by atoms with Gasteiger partial charge in [-0.1, -0.05) is 0 Å². The second-order valence-corrected chi connectivity index (χ2v) is 5.65. The van der Waals surface area contributed by atoms with E-state index in [9.17, 15) is 13.2 Å². The highest BCUT2D eigenvalue weighted by atomic mass is 32.2. The minimum absolute atomic E-state index is 0.0657. The summed E-state index contributed by atoms with van der Waals surface area (Å²) in [6.07, 6.45) is 1.02. The number of carbonyl (C=O) groups is 1. The zero-order valence-electron chi connectivity index (χ0n) is 10.7. The minimum atomic E-state index is -3.99. The van der Waals surface area contributed by atoms with Crippen LogP contribution in [0.1, 0.15) is 5.69 Å². The van der Waals surface area contributed by atoms with E-state index in [2.05, 4.69) is 4.98 Å². The molecule has 0 saturated carbocycles. The number of sulfonamides is 1. The van der Waals surface area contributed by atoms with Gasteiger partial charge < -0.3 is 9.84 Å². The van der Waals surface area contributed by atoms with E-state index < -0.39 is 22.5 Å². The van der Waals surface area contributed by atoms with Gasteiger partial charge in [0.05, 0.1) is 6.61 Å². The summed E-state index contributed by atoms with van der Waals surface area (Å²) < 4.78 is 30.1. The Morgan fingerprint density at radius 3 is 2.70 bits per heavy atom. The predicted octanol–water partition coefficient (Wildman–Crippen LogP) is -0.325. The molecule has 8 nitrogen and oxygen atoms in total. The van der Waals surface area contributed by atoms with Crippen LogP contribution in [0.2, 0.25) is 0 Å². The molecule has 0 amide bonds. The second kappa shape index (κ2) is 6.95. The maximum atomic E-state index is 12.3. The maximum Gasteiger partial charge on any atom is 0.318 e. The summed E-state index contributed by atoms with van der Waals surface area (Å²) in [6.45, 7) is -0.701. The molecule has 0 aliphatic carbocycles. The number of pyridine rings is 1. The molecule has 0 bridgehead atoms. The van der Waals surface area contributed by atoms with Crippen molar-refractivity contribution in [1.29, 1.82) is 5.26 Å². The molecular weight excluding hydrogens is 286 g/mol. The van der Waals surface area contributed by atoms with Gasteiger partial charge in [0.25, 0.3) is 0 Å². The SMILES string of the molecule is COCCN(CC(=O)O)S(=O)(=O)c1ccc(C#N)nc1. The van der Waals surface area contributed by atoms with Crippen LogP contribution in [0.3, 0.4) is 0 Å². The van der Waals surface area contributed by atoms with Gasteiger partial charge in [-0.15, -0.1) is 0 Å². The quantitative estimate of drug-likeness (QED) is 0.732. The van der Waals surface area contributed by atoms with Crippen molar-refractivity contribution in [2.24, 2.45) is 0 Å². The first-order chi connectivity index (χ1) is 9.41. The molecule has 0 spiro atoms. The van der Waals surface area contributed by atoms with Crippen molar-refractivity contribution in [2.75, 3.05) is 26.8 Å². The van der Waals surface area contributed by atoms with E-state index in [0.29, 0.717) is 0 Å². The van der Waals surface area contributed by atoms with E-state index in [1.165, 1.54) is 19.2 Å². The van der Waals surface area contributed by atoms with Gasteiger partial charge in [0.1, 0.15) is 23.2 Å². The molecule has 0 aliphatic rings. The van der Waals surface area contributed by atoms with Crippen LogP contribution in [0, 0.1) is 11.3 Å². The van der Waals surface area contributed by atoms with Crippen LogP contribution in [-0.4, -0.2) is 55.6 Å². The van der Waals surface area contributed by atoms with Gasteiger partial charge in [-0.05, 0) is 12.1 Å². The average Bonchev–Trinajstić information content (AvgIpc) is 2.43. The molecule has 0 saturated heterocycles. The third-order valence-corrected chi connectivity index (χ3v) is 4.17. The molecular formula is C11H13N3O5S. The largest absolute Gasteiger partial charge is 0.480 e. The van der Waals surface area contributed by atoms with Crippen LogP contribution in [0.5, 0.6) is 0 Å². The normalized spacial score (nSPS) is 11.2. The molecule has 1 heterocycles. The number of carboxylic acids is 1. The molecule has 0 radical (unpaired) electrons. The zero-order chi connectivity index (χ0) is 15.2. The van der Waals surface area contributed by atoms with Crippen molar-refractivity contribution in [3.63, 3.8) is 0 Å². The van der Waals surface area contributed by atoms with Crippen molar-refractivity contribution in [3.05, 3.63) is 24.0 Å². The fourth-order valence-electron chi connectivity index (χ4n) is 1.38. The summed E-state index contributed by atoms with van der Waals surface area (Å²) in [5.41, 5.74) is 0.0747. The molecule has 9 heteroatoms. The van der Waals surface area contributed by atoms with Crippen molar-refractivity contribution < 1.29 is 23.1 Å². The summed E-state index contributed by atoms with van der Waals surface area (Å²) in [5, 5.41) is 17.4. The number of methoxy groups -OCH3 is 1. The van der Waals surface area contributed by atoms with Gasteiger partial charge in [0, 0.05) is 19.9 Å². The Bertz CT molecular complexity index is 606.